The predicted molar refractivity (Wildman–Crippen MR) is 62.4 cm³/mol. The lowest BCUT2D eigenvalue weighted by molar-refractivity contribution is 0.224. The van der Waals surface area contributed by atoms with Gasteiger partial charge in [0, 0.05) is 9.75 Å². The van der Waals surface area contributed by atoms with E-state index in [1.54, 1.807) is 11.3 Å². The third kappa shape index (κ3) is 2.01. The van der Waals surface area contributed by atoms with Crippen LogP contribution in [0.2, 0.25) is 4.34 Å². The van der Waals surface area contributed by atoms with Gasteiger partial charge in [-0.1, -0.05) is 11.6 Å². The number of aryl methyl sites for hydroxylation is 1. The molecule has 14 heavy (non-hydrogen) atoms. The molecular weight excluding hydrogens is 236 g/mol. The van der Waals surface area contributed by atoms with Crippen molar-refractivity contribution in [1.29, 1.82) is 0 Å². The Morgan fingerprint density at radius 2 is 2.21 bits per heavy atom. The summed E-state index contributed by atoms with van der Waals surface area (Å²) in [5.74, 6) is 0. The van der Waals surface area contributed by atoms with Gasteiger partial charge in [0.15, 0.2) is 0 Å². The van der Waals surface area contributed by atoms with Crippen LogP contribution in [0.5, 0.6) is 0 Å². The maximum Gasteiger partial charge on any atom is 0.114 e. The first-order valence-corrected chi connectivity index (χ1v) is 6.22. The lowest BCUT2D eigenvalue weighted by Gasteiger charge is -2.04. The Hall–Kier alpha value is -0.350. The Bertz CT molecular complexity index is 393. The van der Waals surface area contributed by atoms with Crippen LogP contribution in [0.15, 0.2) is 23.6 Å². The second kappa shape index (κ2) is 4.03. The molecule has 2 heterocycles. The molecule has 0 aliphatic rings. The number of thiophene rings is 2. The summed E-state index contributed by atoms with van der Waals surface area (Å²) in [4.78, 5) is 2.11. The monoisotopic (exact) mass is 244 g/mol. The minimum atomic E-state index is -0.530. The molecule has 74 valence electrons. The number of halogens is 1. The molecule has 1 atom stereocenters. The van der Waals surface area contributed by atoms with Gasteiger partial charge in [0.25, 0.3) is 0 Å². The largest absolute Gasteiger partial charge is 0.383 e. The maximum atomic E-state index is 9.98. The molecule has 2 aromatic rings. The third-order valence-corrected chi connectivity index (χ3v) is 4.09. The van der Waals surface area contributed by atoms with Crippen LogP contribution in [-0.4, -0.2) is 5.11 Å². The zero-order valence-corrected chi connectivity index (χ0v) is 9.92. The number of rotatable bonds is 2. The molecule has 1 unspecified atom stereocenters. The van der Waals surface area contributed by atoms with Gasteiger partial charge in [-0.3, -0.25) is 0 Å². The van der Waals surface area contributed by atoms with E-state index in [1.165, 1.54) is 16.2 Å². The van der Waals surface area contributed by atoms with Crippen molar-refractivity contribution in [1.82, 2.24) is 0 Å². The smallest absolute Gasteiger partial charge is 0.114 e. The summed E-state index contributed by atoms with van der Waals surface area (Å²) in [7, 11) is 0. The van der Waals surface area contributed by atoms with Gasteiger partial charge in [0.05, 0.1) is 4.34 Å². The van der Waals surface area contributed by atoms with E-state index in [0.29, 0.717) is 4.34 Å². The first-order chi connectivity index (χ1) is 6.66. The SMILES string of the molecule is Cc1cc(C(O)c2ccc(Cl)s2)cs1. The molecule has 0 aliphatic heterocycles. The Morgan fingerprint density at radius 1 is 1.43 bits per heavy atom. The lowest BCUT2D eigenvalue weighted by Crippen LogP contribution is -1.93. The Balaban J connectivity index is 2.28. The van der Waals surface area contributed by atoms with Crippen LogP contribution in [0.3, 0.4) is 0 Å². The molecule has 0 amide bonds. The number of hydrogen-bond donors (Lipinski definition) is 1. The van der Waals surface area contributed by atoms with Crippen LogP contribution in [-0.2, 0) is 0 Å². The van der Waals surface area contributed by atoms with Gasteiger partial charge < -0.3 is 5.11 Å². The summed E-state index contributed by atoms with van der Waals surface area (Å²) in [6.45, 7) is 2.03. The first kappa shape index (κ1) is 10.2. The molecule has 1 nitrogen and oxygen atoms in total. The molecule has 2 aromatic heterocycles. The molecule has 0 saturated carbocycles. The zero-order chi connectivity index (χ0) is 10.1. The average molecular weight is 245 g/mol. The molecule has 0 bridgehead atoms. The fourth-order valence-electron chi connectivity index (χ4n) is 1.25. The van der Waals surface area contributed by atoms with Crippen molar-refractivity contribution in [3.05, 3.63) is 43.2 Å². The van der Waals surface area contributed by atoms with Crippen molar-refractivity contribution < 1.29 is 5.11 Å². The quantitative estimate of drug-likeness (QED) is 0.851. The summed E-state index contributed by atoms with van der Waals surface area (Å²) in [6.07, 6.45) is -0.530. The van der Waals surface area contributed by atoms with Gasteiger partial charge >= 0.3 is 0 Å². The van der Waals surface area contributed by atoms with Crippen LogP contribution in [0.25, 0.3) is 0 Å². The van der Waals surface area contributed by atoms with Gasteiger partial charge in [-0.15, -0.1) is 22.7 Å². The summed E-state index contributed by atoms with van der Waals surface area (Å²) >= 11 is 8.87. The second-order valence-corrected chi connectivity index (χ2v) is 5.90. The Kier molecular flexibility index (Phi) is 2.93. The molecule has 1 N–H and O–H groups in total. The van der Waals surface area contributed by atoms with Crippen molar-refractivity contribution in [2.75, 3.05) is 0 Å². The van der Waals surface area contributed by atoms with Crippen molar-refractivity contribution >= 4 is 34.3 Å². The van der Waals surface area contributed by atoms with E-state index in [1.807, 2.05) is 30.5 Å². The molecule has 0 fully saturated rings. The van der Waals surface area contributed by atoms with E-state index in [-0.39, 0.29) is 0 Å². The van der Waals surface area contributed by atoms with Crippen LogP contribution in [0.1, 0.15) is 21.4 Å². The van der Waals surface area contributed by atoms with E-state index in [9.17, 15) is 5.11 Å². The van der Waals surface area contributed by atoms with Gasteiger partial charge in [-0.25, -0.2) is 0 Å². The number of aliphatic hydroxyl groups excluding tert-OH is 1. The molecule has 0 radical (unpaired) electrons. The molecule has 0 aromatic carbocycles. The summed E-state index contributed by atoms with van der Waals surface area (Å²) in [5.41, 5.74) is 0.950. The highest BCUT2D eigenvalue weighted by Gasteiger charge is 2.13. The van der Waals surface area contributed by atoms with Crippen LogP contribution in [0.4, 0.5) is 0 Å². The van der Waals surface area contributed by atoms with E-state index in [2.05, 4.69) is 0 Å². The second-order valence-electron chi connectivity index (χ2n) is 3.04. The highest BCUT2D eigenvalue weighted by atomic mass is 35.5. The minimum Gasteiger partial charge on any atom is -0.383 e. The normalized spacial score (nSPS) is 13.1. The average Bonchev–Trinajstić information content (AvgIpc) is 2.73. The third-order valence-electron chi connectivity index (χ3n) is 1.93. The summed E-state index contributed by atoms with van der Waals surface area (Å²) < 4.78 is 0.714. The van der Waals surface area contributed by atoms with E-state index < -0.39 is 6.10 Å². The van der Waals surface area contributed by atoms with Gasteiger partial charge in [0.1, 0.15) is 6.10 Å². The predicted octanol–water partition coefficient (Wildman–Crippen LogP) is 3.85. The summed E-state index contributed by atoms with van der Waals surface area (Å²) in [6, 6.07) is 5.68. The van der Waals surface area contributed by atoms with Crippen LogP contribution < -0.4 is 0 Å². The van der Waals surface area contributed by atoms with Crippen LogP contribution >= 0.6 is 34.3 Å². The van der Waals surface area contributed by atoms with E-state index in [4.69, 9.17) is 11.6 Å². The number of hydrogen-bond acceptors (Lipinski definition) is 3. The topological polar surface area (TPSA) is 20.2 Å². The van der Waals surface area contributed by atoms with E-state index >= 15 is 0 Å². The molecule has 2 rings (SSSR count). The van der Waals surface area contributed by atoms with Crippen molar-refractivity contribution in [2.24, 2.45) is 0 Å². The fraction of sp³-hybridized carbons (Fsp3) is 0.200. The first-order valence-electron chi connectivity index (χ1n) is 4.15. The van der Waals surface area contributed by atoms with E-state index in [0.717, 1.165) is 10.4 Å². The van der Waals surface area contributed by atoms with Crippen molar-refractivity contribution in [2.45, 2.75) is 13.0 Å². The minimum absolute atomic E-state index is 0.530. The Morgan fingerprint density at radius 3 is 2.71 bits per heavy atom. The molecule has 0 saturated heterocycles. The summed E-state index contributed by atoms with van der Waals surface area (Å²) in [5, 5.41) is 12.0. The zero-order valence-electron chi connectivity index (χ0n) is 7.53. The van der Waals surface area contributed by atoms with Crippen LogP contribution in [0, 0.1) is 6.92 Å². The van der Waals surface area contributed by atoms with Gasteiger partial charge in [-0.2, -0.15) is 0 Å². The highest BCUT2D eigenvalue weighted by molar-refractivity contribution is 7.16. The van der Waals surface area contributed by atoms with Gasteiger partial charge in [0.2, 0.25) is 0 Å². The molecular formula is C10H9ClOS2. The standard InChI is InChI=1S/C10H9ClOS2/c1-6-4-7(5-13-6)10(12)8-2-3-9(11)14-8/h2-5,10,12H,1H3. The highest BCUT2D eigenvalue weighted by Crippen LogP contribution is 2.32. The number of aliphatic hydroxyl groups is 1. The lowest BCUT2D eigenvalue weighted by atomic mass is 10.1. The fourth-order valence-corrected chi connectivity index (χ4v) is 3.04. The molecule has 4 heteroatoms. The molecule has 0 aliphatic carbocycles. The Labute approximate surface area is 95.6 Å². The van der Waals surface area contributed by atoms with Crippen molar-refractivity contribution in [3.8, 4) is 0 Å². The van der Waals surface area contributed by atoms with Crippen molar-refractivity contribution in [3.63, 3.8) is 0 Å². The maximum absolute atomic E-state index is 9.98. The van der Waals surface area contributed by atoms with Gasteiger partial charge in [-0.05, 0) is 36.1 Å². The molecule has 0 spiro atoms.